The highest BCUT2D eigenvalue weighted by molar-refractivity contribution is 6.40. The van der Waals surface area contributed by atoms with Crippen LogP contribution in [0.15, 0.2) is 22.6 Å². The highest BCUT2D eigenvalue weighted by Crippen LogP contribution is 2.17. The van der Waals surface area contributed by atoms with Crippen LogP contribution >= 0.6 is 0 Å². The number of ether oxygens (including phenoxy) is 1. The van der Waals surface area contributed by atoms with Crippen molar-refractivity contribution in [3.63, 3.8) is 0 Å². The summed E-state index contributed by atoms with van der Waals surface area (Å²) in [4.78, 5) is 26.6. The summed E-state index contributed by atoms with van der Waals surface area (Å²) in [7, 11) is 1.17. The van der Waals surface area contributed by atoms with E-state index in [4.69, 9.17) is 4.42 Å². The third-order valence-corrected chi connectivity index (χ3v) is 2.13. The van der Waals surface area contributed by atoms with Crippen LogP contribution in [0.1, 0.15) is 16.2 Å². The minimum atomic E-state index is -0.889. The number of fused-ring (bicyclic) bond motifs is 1. The van der Waals surface area contributed by atoms with E-state index in [1.165, 1.54) is 19.2 Å². The smallest absolute Gasteiger partial charge is 0.379 e. The number of hydrogen-bond donors (Lipinski definition) is 0. The van der Waals surface area contributed by atoms with Crippen molar-refractivity contribution in [2.24, 2.45) is 0 Å². The number of carbonyl (C=O) groups is 2. The van der Waals surface area contributed by atoms with Crippen LogP contribution in [0.2, 0.25) is 0 Å². The van der Waals surface area contributed by atoms with Crippen LogP contribution in [-0.2, 0) is 9.53 Å². The SMILES string of the molecule is COC(=O)C(=O)c1ccc2oc(C)nc2c1. The van der Waals surface area contributed by atoms with Crippen LogP contribution < -0.4 is 0 Å². The molecule has 5 nitrogen and oxygen atoms in total. The van der Waals surface area contributed by atoms with Crippen LogP contribution in [-0.4, -0.2) is 23.8 Å². The van der Waals surface area contributed by atoms with Gasteiger partial charge in [0.15, 0.2) is 11.5 Å². The quantitative estimate of drug-likeness (QED) is 0.435. The molecular formula is C11H9NO4. The van der Waals surface area contributed by atoms with Gasteiger partial charge >= 0.3 is 5.97 Å². The number of benzene rings is 1. The molecule has 2 aromatic rings. The van der Waals surface area contributed by atoms with Crippen molar-refractivity contribution in [1.82, 2.24) is 4.98 Å². The van der Waals surface area contributed by atoms with E-state index in [0.29, 0.717) is 17.0 Å². The molecule has 0 atom stereocenters. The van der Waals surface area contributed by atoms with Gasteiger partial charge in [0.25, 0.3) is 5.78 Å². The minimum Gasteiger partial charge on any atom is -0.463 e. The van der Waals surface area contributed by atoms with Crippen molar-refractivity contribution in [3.05, 3.63) is 29.7 Å². The summed E-state index contributed by atoms with van der Waals surface area (Å²) in [5.74, 6) is -1.07. The average Bonchev–Trinajstić information content (AvgIpc) is 2.65. The second-order valence-corrected chi connectivity index (χ2v) is 3.24. The normalized spacial score (nSPS) is 10.4. The number of esters is 1. The number of Topliss-reactive ketones (excluding diaryl/α,β-unsaturated/α-hetero) is 1. The molecule has 0 saturated heterocycles. The summed E-state index contributed by atoms with van der Waals surface area (Å²) in [6, 6.07) is 4.61. The van der Waals surface area contributed by atoms with Gasteiger partial charge in [0, 0.05) is 12.5 Å². The standard InChI is InChI=1S/C11H9NO4/c1-6-12-8-5-7(3-4-9(8)16-6)10(13)11(14)15-2/h3-5H,1-2H3. The average molecular weight is 219 g/mol. The number of aryl methyl sites for hydroxylation is 1. The first kappa shape index (κ1) is 10.4. The molecule has 0 radical (unpaired) electrons. The van der Waals surface area contributed by atoms with Gasteiger partial charge in [-0.05, 0) is 18.2 Å². The van der Waals surface area contributed by atoms with E-state index in [1.807, 2.05) is 0 Å². The minimum absolute atomic E-state index is 0.243. The molecule has 16 heavy (non-hydrogen) atoms. The van der Waals surface area contributed by atoms with Crippen LogP contribution in [0.3, 0.4) is 0 Å². The van der Waals surface area contributed by atoms with Crippen LogP contribution in [0, 0.1) is 6.92 Å². The number of carbonyl (C=O) groups excluding carboxylic acids is 2. The lowest BCUT2D eigenvalue weighted by Gasteiger charge is -1.97. The molecule has 82 valence electrons. The van der Waals surface area contributed by atoms with Crippen molar-refractivity contribution >= 4 is 22.9 Å². The maximum Gasteiger partial charge on any atom is 0.379 e. The summed E-state index contributed by atoms with van der Waals surface area (Å²) in [5, 5.41) is 0. The zero-order valence-electron chi connectivity index (χ0n) is 8.81. The molecule has 2 rings (SSSR count). The number of rotatable bonds is 2. The monoisotopic (exact) mass is 219 g/mol. The molecule has 0 amide bonds. The van der Waals surface area contributed by atoms with Crippen molar-refractivity contribution < 1.29 is 18.7 Å². The Labute approximate surface area is 91.0 Å². The molecule has 0 saturated carbocycles. The van der Waals surface area contributed by atoms with Crippen molar-refractivity contribution in [1.29, 1.82) is 0 Å². The Bertz CT molecular complexity index is 570. The van der Waals surface area contributed by atoms with Gasteiger partial charge < -0.3 is 9.15 Å². The number of hydrogen-bond acceptors (Lipinski definition) is 5. The summed E-state index contributed by atoms with van der Waals surface area (Å²) < 4.78 is 9.60. The first-order valence-corrected chi connectivity index (χ1v) is 4.61. The Balaban J connectivity index is 2.46. The number of methoxy groups -OCH3 is 1. The first-order chi connectivity index (χ1) is 7.61. The highest BCUT2D eigenvalue weighted by Gasteiger charge is 2.17. The van der Waals surface area contributed by atoms with E-state index in [9.17, 15) is 9.59 Å². The molecule has 0 aliphatic carbocycles. The topological polar surface area (TPSA) is 69.4 Å². The molecule has 1 aromatic heterocycles. The molecule has 0 aliphatic rings. The summed E-state index contributed by atoms with van der Waals surface area (Å²) >= 11 is 0. The maximum atomic E-state index is 11.5. The second kappa shape index (κ2) is 3.77. The van der Waals surface area contributed by atoms with E-state index >= 15 is 0 Å². The lowest BCUT2D eigenvalue weighted by atomic mass is 10.1. The van der Waals surface area contributed by atoms with Gasteiger partial charge in [0.2, 0.25) is 0 Å². The lowest BCUT2D eigenvalue weighted by molar-refractivity contribution is -0.135. The third-order valence-electron chi connectivity index (χ3n) is 2.13. The summed E-state index contributed by atoms with van der Waals surface area (Å²) in [6.45, 7) is 1.71. The van der Waals surface area contributed by atoms with Crippen molar-refractivity contribution in [2.45, 2.75) is 6.92 Å². The Morgan fingerprint density at radius 3 is 2.81 bits per heavy atom. The van der Waals surface area contributed by atoms with Gasteiger partial charge in [-0.25, -0.2) is 9.78 Å². The van der Waals surface area contributed by atoms with Gasteiger partial charge in [-0.2, -0.15) is 0 Å². The second-order valence-electron chi connectivity index (χ2n) is 3.24. The number of nitrogens with zero attached hydrogens (tertiary/aromatic N) is 1. The van der Waals surface area contributed by atoms with Gasteiger partial charge in [-0.3, -0.25) is 4.79 Å². The third kappa shape index (κ3) is 1.67. The zero-order chi connectivity index (χ0) is 11.7. The predicted octanol–water partition coefficient (Wildman–Crippen LogP) is 1.49. The molecule has 0 aliphatic heterocycles. The van der Waals surface area contributed by atoms with E-state index in [-0.39, 0.29) is 5.56 Å². The summed E-state index contributed by atoms with van der Waals surface area (Å²) in [5.41, 5.74) is 1.37. The molecule has 0 unspecified atom stereocenters. The Morgan fingerprint density at radius 2 is 2.12 bits per heavy atom. The largest absolute Gasteiger partial charge is 0.463 e. The molecule has 0 N–H and O–H groups in total. The molecule has 5 heteroatoms. The van der Waals surface area contributed by atoms with Gasteiger partial charge in [0.1, 0.15) is 5.52 Å². The fourth-order valence-electron chi connectivity index (χ4n) is 1.39. The number of ketones is 1. The molecule has 1 heterocycles. The van der Waals surface area contributed by atoms with Crippen LogP contribution in [0.25, 0.3) is 11.1 Å². The fourth-order valence-corrected chi connectivity index (χ4v) is 1.39. The Kier molecular flexibility index (Phi) is 2.44. The number of oxazole rings is 1. The predicted molar refractivity (Wildman–Crippen MR) is 55.1 cm³/mol. The van der Waals surface area contributed by atoms with Gasteiger partial charge in [-0.15, -0.1) is 0 Å². The Morgan fingerprint density at radius 1 is 1.38 bits per heavy atom. The zero-order valence-corrected chi connectivity index (χ0v) is 8.81. The Hall–Kier alpha value is -2.17. The fraction of sp³-hybridized carbons (Fsp3) is 0.182. The van der Waals surface area contributed by atoms with E-state index in [0.717, 1.165) is 0 Å². The molecule has 0 spiro atoms. The number of aromatic nitrogens is 1. The van der Waals surface area contributed by atoms with Crippen LogP contribution in [0.5, 0.6) is 0 Å². The van der Waals surface area contributed by atoms with Crippen molar-refractivity contribution in [3.8, 4) is 0 Å². The van der Waals surface area contributed by atoms with E-state index in [2.05, 4.69) is 9.72 Å². The summed E-state index contributed by atoms with van der Waals surface area (Å²) in [6.07, 6.45) is 0. The van der Waals surface area contributed by atoms with E-state index < -0.39 is 11.8 Å². The van der Waals surface area contributed by atoms with Crippen LogP contribution in [0.4, 0.5) is 0 Å². The van der Waals surface area contributed by atoms with Gasteiger partial charge in [0.05, 0.1) is 7.11 Å². The van der Waals surface area contributed by atoms with E-state index in [1.54, 1.807) is 13.0 Å². The first-order valence-electron chi connectivity index (χ1n) is 4.61. The molecule has 1 aromatic carbocycles. The molecule has 0 bridgehead atoms. The van der Waals surface area contributed by atoms with Crippen molar-refractivity contribution in [2.75, 3.05) is 7.11 Å². The van der Waals surface area contributed by atoms with Gasteiger partial charge in [-0.1, -0.05) is 0 Å². The lowest BCUT2D eigenvalue weighted by Crippen LogP contribution is -2.15. The molecular weight excluding hydrogens is 210 g/mol. The maximum absolute atomic E-state index is 11.5. The highest BCUT2D eigenvalue weighted by atomic mass is 16.5. The molecule has 0 fully saturated rings.